The Morgan fingerprint density at radius 2 is 1.89 bits per heavy atom. The van der Waals surface area contributed by atoms with Gasteiger partial charge in [-0.05, 0) is 31.5 Å². The first-order valence-corrected chi connectivity index (χ1v) is 9.23. The van der Waals surface area contributed by atoms with Crippen LogP contribution in [0.4, 0.5) is 5.95 Å². The smallest absolute Gasteiger partial charge is 0.248 e. The summed E-state index contributed by atoms with van der Waals surface area (Å²) in [4.78, 5) is 16.6. The Bertz CT molecular complexity index is 947. The normalized spacial score (nSPS) is 12.2. The quantitative estimate of drug-likeness (QED) is 0.676. The number of aryl methyl sites for hydroxylation is 1. The average molecular weight is 407 g/mol. The van der Waals surface area contributed by atoms with Crippen molar-refractivity contribution in [3.8, 4) is 0 Å². The van der Waals surface area contributed by atoms with Crippen LogP contribution in [0.15, 0.2) is 30.6 Å². The lowest BCUT2D eigenvalue weighted by molar-refractivity contribution is -0.119. The number of aromatic nitrogens is 5. The Hall–Kier alpha value is -2.38. The van der Waals surface area contributed by atoms with Crippen molar-refractivity contribution >= 4 is 35.1 Å². The van der Waals surface area contributed by atoms with Gasteiger partial charge >= 0.3 is 0 Å². The summed E-state index contributed by atoms with van der Waals surface area (Å²) in [6, 6.07) is 7.49. The minimum absolute atomic E-state index is 0.178. The molecule has 0 fully saturated rings. The first kappa shape index (κ1) is 19.4. The van der Waals surface area contributed by atoms with E-state index in [1.54, 1.807) is 15.7 Å². The molecule has 0 spiro atoms. The number of amides is 1. The SMILES string of the molecule is Cc1nn(CC(C)C(=O)Nc2ncn(Cc3ccc(Cl)cc3)n2)c(C)c1Cl. The number of carbonyl (C=O) groups excluding carboxylic acids is 1. The number of halogens is 2. The van der Waals surface area contributed by atoms with Gasteiger partial charge in [-0.2, -0.15) is 5.10 Å². The molecule has 2 heterocycles. The molecule has 0 bridgehead atoms. The molecule has 1 atom stereocenters. The van der Waals surface area contributed by atoms with Crippen LogP contribution >= 0.6 is 23.2 Å². The third-order valence-corrected chi connectivity index (χ3v) is 5.02. The number of carbonyl (C=O) groups is 1. The van der Waals surface area contributed by atoms with Crippen LogP contribution < -0.4 is 5.32 Å². The van der Waals surface area contributed by atoms with Crippen molar-refractivity contribution in [3.05, 3.63) is 57.6 Å². The molecule has 27 heavy (non-hydrogen) atoms. The van der Waals surface area contributed by atoms with Crippen molar-refractivity contribution in [2.24, 2.45) is 5.92 Å². The fraction of sp³-hybridized carbons (Fsp3) is 0.333. The van der Waals surface area contributed by atoms with E-state index in [2.05, 4.69) is 20.5 Å². The maximum atomic E-state index is 12.4. The molecule has 0 saturated carbocycles. The highest BCUT2D eigenvalue weighted by atomic mass is 35.5. The fourth-order valence-corrected chi connectivity index (χ4v) is 2.89. The van der Waals surface area contributed by atoms with Crippen molar-refractivity contribution in [2.45, 2.75) is 33.9 Å². The number of rotatable bonds is 6. The molecule has 3 rings (SSSR count). The topological polar surface area (TPSA) is 77.6 Å². The van der Waals surface area contributed by atoms with Gasteiger partial charge in [-0.15, -0.1) is 5.10 Å². The Balaban J connectivity index is 1.59. The van der Waals surface area contributed by atoms with Crippen molar-refractivity contribution in [1.82, 2.24) is 24.5 Å². The van der Waals surface area contributed by atoms with Crippen molar-refractivity contribution in [1.29, 1.82) is 0 Å². The lowest BCUT2D eigenvalue weighted by atomic mass is 10.1. The first-order chi connectivity index (χ1) is 12.8. The summed E-state index contributed by atoms with van der Waals surface area (Å²) in [5, 5.41) is 12.7. The largest absolute Gasteiger partial charge is 0.293 e. The summed E-state index contributed by atoms with van der Waals surface area (Å²) < 4.78 is 3.40. The highest BCUT2D eigenvalue weighted by molar-refractivity contribution is 6.31. The van der Waals surface area contributed by atoms with Crippen LogP contribution in [-0.4, -0.2) is 30.5 Å². The molecule has 0 radical (unpaired) electrons. The van der Waals surface area contributed by atoms with Gasteiger partial charge in [-0.3, -0.25) is 14.8 Å². The average Bonchev–Trinajstić information content (AvgIpc) is 3.17. The molecule has 2 aromatic heterocycles. The number of benzene rings is 1. The van der Waals surface area contributed by atoms with Crippen LogP contribution in [0.5, 0.6) is 0 Å². The van der Waals surface area contributed by atoms with Gasteiger partial charge in [0, 0.05) is 5.02 Å². The predicted molar refractivity (Wildman–Crippen MR) is 105 cm³/mol. The van der Waals surface area contributed by atoms with Gasteiger partial charge in [0.25, 0.3) is 0 Å². The van der Waals surface area contributed by atoms with E-state index >= 15 is 0 Å². The molecule has 9 heteroatoms. The van der Waals surface area contributed by atoms with Crippen LogP contribution in [0.2, 0.25) is 10.0 Å². The Morgan fingerprint density at radius 3 is 2.52 bits per heavy atom. The molecule has 1 aromatic carbocycles. The van der Waals surface area contributed by atoms with E-state index < -0.39 is 0 Å². The van der Waals surface area contributed by atoms with Crippen molar-refractivity contribution in [3.63, 3.8) is 0 Å². The van der Waals surface area contributed by atoms with Gasteiger partial charge in [0.05, 0.1) is 35.4 Å². The predicted octanol–water partition coefficient (Wildman–Crippen LogP) is 3.72. The number of hydrogen-bond donors (Lipinski definition) is 1. The summed E-state index contributed by atoms with van der Waals surface area (Å²) in [6.07, 6.45) is 1.58. The van der Waals surface area contributed by atoms with E-state index in [9.17, 15) is 4.79 Å². The zero-order valence-electron chi connectivity index (χ0n) is 15.3. The summed E-state index contributed by atoms with van der Waals surface area (Å²) in [5.74, 6) is -0.225. The molecule has 0 saturated heterocycles. The van der Waals surface area contributed by atoms with Crippen LogP contribution in [0.1, 0.15) is 23.9 Å². The second-order valence-electron chi connectivity index (χ2n) is 6.45. The van der Waals surface area contributed by atoms with Crippen LogP contribution in [-0.2, 0) is 17.9 Å². The zero-order chi connectivity index (χ0) is 19.6. The van der Waals surface area contributed by atoms with Gasteiger partial charge < -0.3 is 0 Å². The molecule has 0 aliphatic rings. The van der Waals surface area contributed by atoms with E-state index in [4.69, 9.17) is 23.2 Å². The third-order valence-electron chi connectivity index (χ3n) is 4.22. The molecule has 142 valence electrons. The van der Waals surface area contributed by atoms with E-state index in [1.165, 1.54) is 0 Å². The van der Waals surface area contributed by atoms with E-state index in [0.717, 1.165) is 17.0 Å². The molecular formula is C18H20Cl2N6O. The summed E-state index contributed by atoms with van der Waals surface area (Å²) in [6.45, 7) is 6.52. The third kappa shape index (κ3) is 4.67. The minimum atomic E-state index is -0.317. The van der Waals surface area contributed by atoms with E-state index in [1.807, 2.05) is 45.0 Å². The highest BCUT2D eigenvalue weighted by Crippen LogP contribution is 2.20. The lowest BCUT2D eigenvalue weighted by Crippen LogP contribution is -2.26. The monoisotopic (exact) mass is 406 g/mol. The van der Waals surface area contributed by atoms with E-state index in [0.29, 0.717) is 23.1 Å². The molecule has 1 N–H and O–H groups in total. The second kappa shape index (κ2) is 8.10. The minimum Gasteiger partial charge on any atom is -0.293 e. The van der Waals surface area contributed by atoms with Crippen LogP contribution in [0, 0.1) is 19.8 Å². The maximum absolute atomic E-state index is 12.4. The standard InChI is InChI=1S/C18H20Cl2N6O/c1-11(8-26-13(3)16(20)12(2)23-26)17(27)22-18-21-10-25(24-18)9-14-4-6-15(19)7-5-14/h4-7,10-11H,8-9H2,1-3H3,(H,22,24,27). The second-order valence-corrected chi connectivity index (χ2v) is 7.26. The van der Waals surface area contributed by atoms with Gasteiger partial charge in [0.2, 0.25) is 11.9 Å². The molecule has 0 aliphatic carbocycles. The summed E-state index contributed by atoms with van der Waals surface area (Å²) >= 11 is 12.0. The Labute approximate surface area is 167 Å². The number of nitrogens with one attached hydrogen (secondary N) is 1. The van der Waals surface area contributed by atoms with E-state index in [-0.39, 0.29) is 17.8 Å². The fourth-order valence-electron chi connectivity index (χ4n) is 2.63. The summed E-state index contributed by atoms with van der Waals surface area (Å²) in [7, 11) is 0. The van der Waals surface area contributed by atoms with Gasteiger partial charge in [-0.25, -0.2) is 9.67 Å². The van der Waals surface area contributed by atoms with Gasteiger partial charge in [0.1, 0.15) is 6.33 Å². The Morgan fingerprint density at radius 1 is 1.19 bits per heavy atom. The first-order valence-electron chi connectivity index (χ1n) is 8.47. The molecule has 1 unspecified atom stereocenters. The van der Waals surface area contributed by atoms with Crippen LogP contribution in [0.3, 0.4) is 0 Å². The van der Waals surface area contributed by atoms with Gasteiger partial charge in [0.15, 0.2) is 0 Å². The Kier molecular flexibility index (Phi) is 5.82. The number of nitrogens with zero attached hydrogens (tertiary/aromatic N) is 5. The number of hydrogen-bond acceptors (Lipinski definition) is 4. The lowest BCUT2D eigenvalue weighted by Gasteiger charge is -2.11. The molecule has 1 amide bonds. The molecule has 0 aliphatic heterocycles. The molecular weight excluding hydrogens is 387 g/mol. The molecule has 3 aromatic rings. The summed E-state index contributed by atoms with van der Waals surface area (Å²) in [5.41, 5.74) is 2.64. The highest BCUT2D eigenvalue weighted by Gasteiger charge is 2.18. The zero-order valence-corrected chi connectivity index (χ0v) is 16.8. The molecule has 7 nitrogen and oxygen atoms in total. The van der Waals surface area contributed by atoms with Gasteiger partial charge in [-0.1, -0.05) is 42.3 Å². The maximum Gasteiger partial charge on any atom is 0.248 e. The van der Waals surface area contributed by atoms with Crippen molar-refractivity contribution in [2.75, 3.05) is 5.32 Å². The van der Waals surface area contributed by atoms with Crippen molar-refractivity contribution < 1.29 is 4.79 Å². The number of anilines is 1. The van der Waals surface area contributed by atoms with Crippen LogP contribution in [0.25, 0.3) is 0 Å².